The number of carbonyl (C=O) groups is 1. The predicted molar refractivity (Wildman–Crippen MR) is 93.7 cm³/mol. The fourth-order valence-electron chi connectivity index (χ4n) is 2.38. The molecule has 3 nitrogen and oxygen atoms in total. The summed E-state index contributed by atoms with van der Waals surface area (Å²) in [7, 11) is 0. The first-order valence-corrected chi connectivity index (χ1v) is 8.22. The number of nitrogens with one attached hydrogen (secondary N) is 1. The van der Waals surface area contributed by atoms with Gasteiger partial charge in [0.05, 0.1) is 0 Å². The highest BCUT2D eigenvalue weighted by molar-refractivity contribution is 5.80. The molecule has 2 rings (SSSR count). The number of benzene rings is 2. The number of halogens is 1. The Balaban J connectivity index is 1.75. The molecule has 0 saturated heterocycles. The average Bonchev–Trinajstić information content (AvgIpc) is 2.56. The zero-order valence-electron chi connectivity index (χ0n) is 14.4. The lowest BCUT2D eigenvalue weighted by atomic mass is 10.1. The van der Waals surface area contributed by atoms with E-state index >= 15 is 0 Å². The van der Waals surface area contributed by atoms with E-state index in [-0.39, 0.29) is 11.7 Å². The normalized spacial score (nSPS) is 11.8. The van der Waals surface area contributed by atoms with Gasteiger partial charge in [0.1, 0.15) is 11.6 Å². The van der Waals surface area contributed by atoms with Gasteiger partial charge in [0.25, 0.3) is 5.91 Å². The topological polar surface area (TPSA) is 38.3 Å². The van der Waals surface area contributed by atoms with Crippen LogP contribution in [0.15, 0.2) is 42.5 Å². The van der Waals surface area contributed by atoms with Crippen LogP contribution in [0.1, 0.15) is 30.0 Å². The third kappa shape index (κ3) is 5.37. The second-order valence-corrected chi connectivity index (χ2v) is 6.05. The summed E-state index contributed by atoms with van der Waals surface area (Å²) in [4.78, 5) is 12.1. The first-order valence-electron chi connectivity index (χ1n) is 8.22. The Bertz CT molecular complexity index is 683. The van der Waals surface area contributed by atoms with Crippen LogP contribution in [0.5, 0.6) is 5.75 Å². The van der Waals surface area contributed by atoms with Crippen LogP contribution in [0.2, 0.25) is 0 Å². The van der Waals surface area contributed by atoms with E-state index in [1.54, 1.807) is 19.1 Å². The quantitative estimate of drug-likeness (QED) is 0.781. The molecule has 0 heterocycles. The van der Waals surface area contributed by atoms with Gasteiger partial charge in [-0.15, -0.1) is 0 Å². The van der Waals surface area contributed by atoms with Crippen molar-refractivity contribution in [1.82, 2.24) is 5.32 Å². The maximum atomic E-state index is 12.8. The molecule has 24 heavy (non-hydrogen) atoms. The molecule has 0 radical (unpaired) electrons. The molecule has 4 heteroatoms. The van der Waals surface area contributed by atoms with E-state index < -0.39 is 6.10 Å². The highest BCUT2D eigenvalue weighted by Crippen LogP contribution is 2.20. The monoisotopic (exact) mass is 329 g/mol. The van der Waals surface area contributed by atoms with Gasteiger partial charge in [-0.05, 0) is 68.5 Å². The van der Waals surface area contributed by atoms with Gasteiger partial charge in [-0.2, -0.15) is 0 Å². The van der Waals surface area contributed by atoms with Crippen LogP contribution in [0, 0.1) is 19.7 Å². The van der Waals surface area contributed by atoms with Gasteiger partial charge in [-0.3, -0.25) is 4.79 Å². The second-order valence-electron chi connectivity index (χ2n) is 6.05. The van der Waals surface area contributed by atoms with E-state index in [1.165, 1.54) is 12.1 Å². The van der Waals surface area contributed by atoms with Crippen molar-refractivity contribution in [1.29, 1.82) is 0 Å². The summed E-state index contributed by atoms with van der Waals surface area (Å²) in [5, 5.41) is 2.88. The zero-order valence-corrected chi connectivity index (χ0v) is 14.4. The van der Waals surface area contributed by atoms with E-state index in [4.69, 9.17) is 4.74 Å². The third-order valence-electron chi connectivity index (χ3n) is 3.87. The van der Waals surface area contributed by atoms with Gasteiger partial charge in [0.15, 0.2) is 6.10 Å². The molecule has 1 unspecified atom stereocenters. The number of aryl methyl sites for hydroxylation is 3. The summed E-state index contributed by atoms with van der Waals surface area (Å²) in [6.07, 6.45) is 1.05. The molecule has 0 aliphatic rings. The van der Waals surface area contributed by atoms with Crippen molar-refractivity contribution in [3.8, 4) is 5.75 Å². The number of hydrogen-bond acceptors (Lipinski definition) is 2. The van der Waals surface area contributed by atoms with Gasteiger partial charge in [0, 0.05) is 6.54 Å². The molecule has 128 valence electrons. The van der Waals surface area contributed by atoms with E-state index in [0.717, 1.165) is 35.3 Å². The first kappa shape index (κ1) is 18.0. The van der Waals surface area contributed by atoms with Gasteiger partial charge >= 0.3 is 0 Å². The molecular formula is C20H24FNO2. The van der Waals surface area contributed by atoms with Crippen molar-refractivity contribution >= 4 is 5.91 Å². The number of carbonyl (C=O) groups excluding carboxylic acids is 1. The lowest BCUT2D eigenvalue weighted by molar-refractivity contribution is -0.127. The molecule has 0 aliphatic heterocycles. The summed E-state index contributed by atoms with van der Waals surface area (Å²) < 4.78 is 18.6. The Morgan fingerprint density at radius 2 is 1.88 bits per heavy atom. The summed E-state index contributed by atoms with van der Waals surface area (Å²) in [5.74, 6) is 0.378. The van der Waals surface area contributed by atoms with Crippen LogP contribution in [-0.2, 0) is 11.2 Å². The third-order valence-corrected chi connectivity index (χ3v) is 3.87. The highest BCUT2D eigenvalue weighted by atomic mass is 19.1. The molecule has 2 aromatic rings. The molecule has 1 amide bonds. The molecule has 0 aromatic heterocycles. The van der Waals surface area contributed by atoms with Crippen molar-refractivity contribution in [2.75, 3.05) is 6.54 Å². The number of amides is 1. The maximum absolute atomic E-state index is 12.8. The van der Waals surface area contributed by atoms with E-state index in [0.29, 0.717) is 6.54 Å². The Labute approximate surface area is 142 Å². The number of ether oxygens (including phenoxy) is 1. The van der Waals surface area contributed by atoms with Crippen molar-refractivity contribution < 1.29 is 13.9 Å². The first-order chi connectivity index (χ1) is 11.5. The minimum atomic E-state index is -0.545. The van der Waals surface area contributed by atoms with Crippen molar-refractivity contribution in [3.05, 3.63) is 65.0 Å². The van der Waals surface area contributed by atoms with Crippen LogP contribution in [-0.4, -0.2) is 18.6 Å². The van der Waals surface area contributed by atoms with Crippen LogP contribution in [0.3, 0.4) is 0 Å². The van der Waals surface area contributed by atoms with E-state index in [1.807, 2.05) is 32.0 Å². The van der Waals surface area contributed by atoms with Gasteiger partial charge < -0.3 is 10.1 Å². The van der Waals surface area contributed by atoms with Crippen LogP contribution in [0.25, 0.3) is 0 Å². The molecule has 0 spiro atoms. The van der Waals surface area contributed by atoms with E-state index in [2.05, 4.69) is 5.32 Å². The van der Waals surface area contributed by atoms with Crippen LogP contribution >= 0.6 is 0 Å². The SMILES string of the molecule is Cc1ccc(C)c(OC(C)C(=O)NCCCc2ccc(F)cc2)c1. The molecule has 1 atom stereocenters. The fourth-order valence-corrected chi connectivity index (χ4v) is 2.38. The largest absolute Gasteiger partial charge is 0.481 e. The van der Waals surface area contributed by atoms with Crippen LogP contribution in [0.4, 0.5) is 4.39 Å². The van der Waals surface area contributed by atoms with E-state index in [9.17, 15) is 9.18 Å². The molecule has 2 aromatic carbocycles. The Kier molecular flexibility index (Phi) is 6.36. The van der Waals surface area contributed by atoms with Crippen molar-refractivity contribution in [3.63, 3.8) is 0 Å². The summed E-state index contributed by atoms with van der Waals surface area (Å²) in [5.41, 5.74) is 3.17. The minimum Gasteiger partial charge on any atom is -0.481 e. The predicted octanol–water partition coefficient (Wildman–Crippen LogP) is 3.96. The average molecular weight is 329 g/mol. The Morgan fingerprint density at radius 1 is 1.17 bits per heavy atom. The molecule has 0 aliphatic carbocycles. The van der Waals surface area contributed by atoms with Gasteiger partial charge in [0.2, 0.25) is 0 Å². The van der Waals surface area contributed by atoms with Gasteiger partial charge in [-0.25, -0.2) is 4.39 Å². The Hall–Kier alpha value is -2.36. The molecule has 0 saturated carbocycles. The summed E-state index contributed by atoms with van der Waals surface area (Å²) in [6.45, 7) is 6.27. The number of hydrogen-bond donors (Lipinski definition) is 1. The number of rotatable bonds is 7. The molecular weight excluding hydrogens is 305 g/mol. The Morgan fingerprint density at radius 3 is 2.58 bits per heavy atom. The second kappa shape index (κ2) is 8.48. The zero-order chi connectivity index (χ0) is 17.5. The van der Waals surface area contributed by atoms with Crippen molar-refractivity contribution in [2.45, 2.75) is 39.7 Å². The van der Waals surface area contributed by atoms with Crippen molar-refractivity contribution in [2.24, 2.45) is 0 Å². The summed E-state index contributed by atoms with van der Waals surface area (Å²) >= 11 is 0. The minimum absolute atomic E-state index is 0.130. The smallest absolute Gasteiger partial charge is 0.260 e. The fraction of sp³-hybridized carbons (Fsp3) is 0.350. The standard InChI is InChI=1S/C20H24FNO2/c1-14-6-7-15(2)19(13-14)24-16(3)20(23)22-12-4-5-17-8-10-18(21)11-9-17/h6-11,13,16H,4-5,12H2,1-3H3,(H,22,23). The van der Waals surface area contributed by atoms with Gasteiger partial charge in [-0.1, -0.05) is 24.3 Å². The lowest BCUT2D eigenvalue weighted by Crippen LogP contribution is -2.37. The summed E-state index contributed by atoms with van der Waals surface area (Å²) in [6, 6.07) is 12.4. The molecule has 1 N–H and O–H groups in total. The lowest BCUT2D eigenvalue weighted by Gasteiger charge is -2.16. The molecule has 0 fully saturated rings. The highest BCUT2D eigenvalue weighted by Gasteiger charge is 2.15. The maximum Gasteiger partial charge on any atom is 0.260 e. The van der Waals surface area contributed by atoms with Crippen LogP contribution < -0.4 is 10.1 Å². The molecule has 0 bridgehead atoms.